The summed E-state index contributed by atoms with van der Waals surface area (Å²) in [4.78, 5) is 5.19. The second-order valence-electron chi connectivity index (χ2n) is 12.6. The van der Waals surface area contributed by atoms with Crippen molar-refractivity contribution < 1.29 is 11.3 Å². The van der Waals surface area contributed by atoms with Gasteiger partial charge in [-0.1, -0.05) is 125 Å². The van der Waals surface area contributed by atoms with Gasteiger partial charge >= 0.3 is 0 Å². The maximum absolute atomic E-state index is 9.53. The third-order valence-corrected chi connectivity index (χ3v) is 9.06. The minimum Gasteiger partial charge on any atom is -0.455 e. The summed E-state index contributed by atoms with van der Waals surface area (Å²) in [6.07, 6.45) is 0. The summed E-state index contributed by atoms with van der Waals surface area (Å²) in [5.74, 6) is -1.56. The van der Waals surface area contributed by atoms with Crippen LogP contribution in [-0.2, 0) is 0 Å². The fourth-order valence-electron chi connectivity index (χ4n) is 6.72. The first-order valence-electron chi connectivity index (χ1n) is 18.5. The molecule has 0 amide bonds. The van der Waals surface area contributed by atoms with Crippen molar-refractivity contribution in [2.75, 3.05) is 0 Å². The Morgan fingerprint density at radius 2 is 1.21 bits per heavy atom. The van der Waals surface area contributed by atoms with Gasteiger partial charge in [0, 0.05) is 17.6 Å². The van der Waals surface area contributed by atoms with Crippen molar-refractivity contribution in [1.29, 1.82) is 0 Å². The lowest BCUT2D eigenvalue weighted by Crippen LogP contribution is -2.09. The molecule has 0 saturated heterocycles. The molecular weight excluding hydrogens is 572 g/mol. The van der Waals surface area contributed by atoms with Crippen molar-refractivity contribution in [2.24, 2.45) is 0 Å². The molecule has 6 aromatic carbocycles. The molecule has 0 bridgehead atoms. The topological polar surface area (TPSA) is 31.0 Å². The van der Waals surface area contributed by atoms with Crippen LogP contribution in [0.2, 0.25) is 0 Å². The lowest BCUT2D eigenvalue weighted by molar-refractivity contribution is 0.666. The molecule has 0 saturated carbocycles. The summed E-state index contributed by atoms with van der Waals surface area (Å²) < 4.78 is 52.2. The maximum atomic E-state index is 9.53. The van der Waals surface area contributed by atoms with E-state index in [9.17, 15) is 2.74 Å². The Morgan fingerprint density at radius 3 is 1.89 bits per heavy atom. The Bertz CT molecular complexity index is 2580. The van der Waals surface area contributed by atoms with E-state index >= 15 is 0 Å². The maximum Gasteiger partial charge on any atom is 0.149 e. The van der Waals surface area contributed by atoms with Gasteiger partial charge in [-0.25, -0.2) is 4.98 Å². The van der Waals surface area contributed by atoms with Crippen molar-refractivity contribution in [1.82, 2.24) is 9.55 Å². The van der Waals surface area contributed by atoms with Gasteiger partial charge in [-0.15, -0.1) is 0 Å². The summed E-state index contributed by atoms with van der Waals surface area (Å²) in [5, 5.41) is 1.50. The first-order valence-corrected chi connectivity index (χ1v) is 16.0. The summed E-state index contributed by atoms with van der Waals surface area (Å²) in [5.41, 5.74) is 9.67. The van der Waals surface area contributed by atoms with Crippen LogP contribution in [0.25, 0.3) is 72.3 Å². The number of rotatable bonds is 6. The van der Waals surface area contributed by atoms with E-state index in [1.807, 2.05) is 94.4 Å². The molecule has 8 rings (SSSR count). The number of hydrogen-bond acceptors (Lipinski definition) is 2. The third-order valence-electron chi connectivity index (χ3n) is 9.06. The lowest BCUT2D eigenvalue weighted by atomic mass is 9.87. The summed E-state index contributed by atoms with van der Waals surface area (Å²) in [7, 11) is 0. The second kappa shape index (κ2) is 11.4. The van der Waals surface area contributed by atoms with Gasteiger partial charge in [0.2, 0.25) is 0 Å². The predicted molar refractivity (Wildman–Crippen MR) is 198 cm³/mol. The number of nitrogens with zero attached hydrogens (tertiary/aromatic N) is 2. The van der Waals surface area contributed by atoms with Gasteiger partial charge in [0.15, 0.2) is 0 Å². The smallest absolute Gasteiger partial charge is 0.149 e. The monoisotopic (exact) mass is 615 g/mol. The number of imidazole rings is 1. The molecule has 0 atom stereocenters. The average molecular weight is 616 g/mol. The van der Waals surface area contributed by atoms with Crippen molar-refractivity contribution in [3.05, 3.63) is 144 Å². The van der Waals surface area contributed by atoms with E-state index in [1.165, 1.54) is 0 Å². The van der Waals surface area contributed by atoms with E-state index in [4.69, 9.17) is 13.5 Å². The molecule has 0 aliphatic heterocycles. The molecule has 0 aliphatic carbocycles. The molecule has 3 heteroatoms. The molecule has 0 spiro atoms. The predicted octanol–water partition coefficient (Wildman–Crippen LogP) is 12.5. The molecular formula is C44H38N2O. The highest BCUT2D eigenvalue weighted by Gasteiger charge is 2.25. The SMILES string of the molecule is [2H]C([2H])([2H])c1cccc2c1oc1c(-c3nc4ccccc4n3-c3c(C([2H])(C)C)cc(-c4ccc(-c5ccccc5)cc4)cc3C([2H])(C)C)cccc12. The molecule has 8 aromatic rings. The van der Waals surface area contributed by atoms with Crippen LogP contribution < -0.4 is 0 Å². The molecule has 2 heterocycles. The Hall–Kier alpha value is -5.41. The fourth-order valence-corrected chi connectivity index (χ4v) is 6.72. The van der Waals surface area contributed by atoms with E-state index in [1.54, 1.807) is 12.1 Å². The van der Waals surface area contributed by atoms with Crippen LogP contribution in [0.15, 0.2) is 132 Å². The molecule has 2 aromatic heterocycles. The van der Waals surface area contributed by atoms with Crippen molar-refractivity contribution in [3.8, 4) is 39.3 Å². The molecule has 0 aliphatic rings. The van der Waals surface area contributed by atoms with E-state index in [-0.39, 0.29) is 5.56 Å². The van der Waals surface area contributed by atoms with Gasteiger partial charge in [-0.05, 0) is 87.9 Å². The number of fused-ring (bicyclic) bond motifs is 4. The third kappa shape index (κ3) is 4.85. The van der Waals surface area contributed by atoms with Crippen LogP contribution in [0.5, 0.6) is 0 Å². The lowest BCUT2D eigenvalue weighted by Gasteiger charge is -2.24. The van der Waals surface area contributed by atoms with Crippen LogP contribution in [0.4, 0.5) is 0 Å². The molecule has 0 radical (unpaired) electrons. The van der Waals surface area contributed by atoms with Crippen molar-refractivity contribution >= 4 is 33.0 Å². The number of aryl methyl sites for hydroxylation is 1. The molecule has 47 heavy (non-hydrogen) atoms. The summed E-state index contributed by atoms with van der Waals surface area (Å²) >= 11 is 0. The first-order chi connectivity index (χ1) is 24.7. The standard InChI is InChI=1S/C44H38N2O/c1-27(2)37-25-33(32-23-21-31(22-24-32)30-14-7-6-8-15-30)26-38(28(3)4)41(37)46-40-20-10-9-19-39(40)45-44(46)36-18-12-17-35-34-16-11-13-29(5)42(34)47-43(35)36/h6-28H,1-5H3/i5D3,27D,28D. The van der Waals surface area contributed by atoms with Gasteiger partial charge < -0.3 is 4.42 Å². The quantitative estimate of drug-likeness (QED) is 0.186. The number of para-hydroxylation sites is 4. The highest BCUT2D eigenvalue weighted by molar-refractivity contribution is 6.10. The Kier molecular flexibility index (Phi) is 5.80. The summed E-state index contributed by atoms with van der Waals surface area (Å²) in [6, 6.07) is 41.8. The minimum absolute atomic E-state index is 0.157. The number of hydrogen-bond donors (Lipinski definition) is 0. The normalized spacial score (nSPS) is 14.2. The largest absolute Gasteiger partial charge is 0.455 e. The van der Waals surface area contributed by atoms with Crippen molar-refractivity contribution in [2.45, 2.75) is 46.3 Å². The van der Waals surface area contributed by atoms with Crippen LogP contribution in [0.1, 0.15) is 63.0 Å². The van der Waals surface area contributed by atoms with Gasteiger partial charge in [-0.3, -0.25) is 4.57 Å². The molecule has 3 nitrogen and oxygen atoms in total. The highest BCUT2D eigenvalue weighted by Crippen LogP contribution is 2.43. The molecule has 0 unspecified atom stereocenters. The molecule has 230 valence electrons. The van der Waals surface area contributed by atoms with Crippen molar-refractivity contribution in [3.63, 3.8) is 0 Å². The Balaban J connectivity index is 1.42. The zero-order valence-corrected chi connectivity index (χ0v) is 26.9. The van der Waals surface area contributed by atoms with Gasteiger partial charge in [0.1, 0.15) is 17.0 Å². The highest BCUT2D eigenvalue weighted by atomic mass is 16.3. The average Bonchev–Trinajstić information content (AvgIpc) is 3.69. The van der Waals surface area contributed by atoms with Crippen LogP contribution in [-0.4, -0.2) is 9.55 Å². The number of furan rings is 1. The zero-order chi connectivity index (χ0) is 36.6. The van der Waals surface area contributed by atoms with E-state index in [0.717, 1.165) is 60.9 Å². The van der Waals surface area contributed by atoms with E-state index in [0.29, 0.717) is 22.6 Å². The Labute approximate surface area is 283 Å². The van der Waals surface area contributed by atoms with E-state index in [2.05, 4.69) is 53.1 Å². The van der Waals surface area contributed by atoms with Crippen LogP contribution >= 0.6 is 0 Å². The minimum atomic E-state index is -2.35. The second-order valence-corrected chi connectivity index (χ2v) is 12.6. The number of benzene rings is 6. The molecule has 0 fully saturated rings. The molecule has 0 N–H and O–H groups in total. The first kappa shape index (κ1) is 23.9. The van der Waals surface area contributed by atoms with Crippen LogP contribution in [0, 0.1) is 6.85 Å². The van der Waals surface area contributed by atoms with Gasteiger partial charge in [0.25, 0.3) is 0 Å². The van der Waals surface area contributed by atoms with E-state index < -0.39 is 18.6 Å². The van der Waals surface area contributed by atoms with Crippen LogP contribution in [0.3, 0.4) is 0 Å². The zero-order valence-electron chi connectivity index (χ0n) is 31.9. The number of aromatic nitrogens is 2. The van der Waals surface area contributed by atoms with Gasteiger partial charge in [-0.2, -0.15) is 0 Å². The Morgan fingerprint density at radius 1 is 0.617 bits per heavy atom. The fraction of sp³-hybridized carbons (Fsp3) is 0.159. The summed E-state index contributed by atoms with van der Waals surface area (Å²) in [6.45, 7) is 5.16. The van der Waals surface area contributed by atoms with Gasteiger partial charge in [0.05, 0.1) is 22.3 Å².